The Balaban J connectivity index is 1.70. The third kappa shape index (κ3) is 1.65. The van der Waals surface area contributed by atoms with Crippen molar-refractivity contribution in [2.75, 3.05) is 5.75 Å². The Labute approximate surface area is 114 Å². The molecule has 3 heteroatoms. The highest BCUT2D eigenvalue weighted by Crippen LogP contribution is 2.66. The van der Waals surface area contributed by atoms with Gasteiger partial charge in [0.05, 0.1) is 0 Å². The van der Waals surface area contributed by atoms with Crippen molar-refractivity contribution in [3.63, 3.8) is 0 Å². The lowest BCUT2D eigenvalue weighted by molar-refractivity contribution is -0.156. The fourth-order valence-electron chi connectivity index (χ4n) is 4.29. The van der Waals surface area contributed by atoms with Gasteiger partial charge in [0.25, 0.3) is 0 Å². The van der Waals surface area contributed by atoms with Crippen molar-refractivity contribution < 1.29 is 9.53 Å². The molecule has 0 aromatic rings. The van der Waals surface area contributed by atoms with E-state index in [-0.39, 0.29) is 22.7 Å². The van der Waals surface area contributed by atoms with Gasteiger partial charge in [0, 0.05) is 5.41 Å². The molecule has 2 bridgehead atoms. The zero-order valence-corrected chi connectivity index (χ0v) is 12.5. The lowest BCUT2D eigenvalue weighted by Crippen LogP contribution is -2.39. The summed E-state index contributed by atoms with van der Waals surface area (Å²) < 4.78 is 5.91. The Morgan fingerprint density at radius 3 is 2.56 bits per heavy atom. The molecule has 0 radical (unpaired) electrons. The third-order valence-electron chi connectivity index (χ3n) is 6.16. The summed E-state index contributed by atoms with van der Waals surface area (Å²) in [6.07, 6.45) is 5.98. The van der Waals surface area contributed by atoms with E-state index in [1.165, 1.54) is 19.3 Å². The Bertz CT molecular complexity index is 360. The number of ether oxygens (including phenoxy) is 1. The molecule has 2 aliphatic carbocycles. The Morgan fingerprint density at radius 2 is 2.06 bits per heavy atom. The second kappa shape index (κ2) is 4.16. The molecule has 102 valence electrons. The molecular weight excluding hydrogens is 244 g/mol. The Kier molecular flexibility index (Phi) is 2.96. The van der Waals surface area contributed by atoms with Crippen molar-refractivity contribution in [3.05, 3.63) is 0 Å². The smallest absolute Gasteiger partial charge is 0.319 e. The maximum atomic E-state index is 12.2. The van der Waals surface area contributed by atoms with E-state index in [0.717, 1.165) is 24.5 Å². The van der Waals surface area contributed by atoms with Crippen LogP contribution in [0.25, 0.3) is 0 Å². The fourth-order valence-corrected chi connectivity index (χ4v) is 5.43. The first-order chi connectivity index (χ1) is 8.45. The standard InChI is InChI=1S/C15H24O2S/c1-14(2)10-6-7-15(14,3)12(9-10)17-13(16)11-5-4-8-18-11/h10-12H,4-9H2,1-3H3. The van der Waals surface area contributed by atoms with Crippen LogP contribution >= 0.6 is 11.8 Å². The first-order valence-corrected chi connectivity index (χ1v) is 8.32. The molecule has 4 atom stereocenters. The maximum Gasteiger partial charge on any atom is 0.319 e. The van der Waals surface area contributed by atoms with E-state index in [9.17, 15) is 4.79 Å². The van der Waals surface area contributed by atoms with E-state index in [0.29, 0.717) is 5.41 Å². The third-order valence-corrected chi connectivity index (χ3v) is 7.52. The molecule has 0 spiro atoms. The molecule has 2 nitrogen and oxygen atoms in total. The summed E-state index contributed by atoms with van der Waals surface area (Å²) in [6.45, 7) is 7.06. The molecule has 0 N–H and O–H groups in total. The van der Waals surface area contributed by atoms with Crippen molar-refractivity contribution in [1.29, 1.82) is 0 Å². The predicted molar refractivity (Wildman–Crippen MR) is 74.6 cm³/mol. The van der Waals surface area contributed by atoms with Crippen molar-refractivity contribution in [2.45, 2.75) is 64.2 Å². The quantitative estimate of drug-likeness (QED) is 0.715. The van der Waals surface area contributed by atoms with Gasteiger partial charge in [-0.3, -0.25) is 4.79 Å². The molecule has 0 aromatic heterocycles. The normalized spacial score (nSPS) is 45.4. The van der Waals surface area contributed by atoms with Gasteiger partial charge in [-0.2, -0.15) is 0 Å². The van der Waals surface area contributed by atoms with E-state index < -0.39 is 0 Å². The van der Waals surface area contributed by atoms with E-state index in [4.69, 9.17) is 4.74 Å². The Morgan fingerprint density at radius 1 is 1.28 bits per heavy atom. The highest BCUT2D eigenvalue weighted by Gasteiger charge is 2.63. The van der Waals surface area contributed by atoms with E-state index in [1.54, 1.807) is 11.8 Å². The van der Waals surface area contributed by atoms with Gasteiger partial charge >= 0.3 is 5.97 Å². The molecular formula is C15H24O2S. The first kappa shape index (κ1) is 12.8. The predicted octanol–water partition coefficient (Wildman–Crippen LogP) is 3.64. The number of esters is 1. The van der Waals surface area contributed by atoms with Crippen LogP contribution in [0.2, 0.25) is 0 Å². The molecule has 1 saturated heterocycles. The molecule has 2 saturated carbocycles. The van der Waals surface area contributed by atoms with Gasteiger partial charge in [0.15, 0.2) is 0 Å². The minimum Gasteiger partial charge on any atom is -0.461 e. The van der Waals surface area contributed by atoms with Crippen LogP contribution in [-0.2, 0) is 9.53 Å². The minimum absolute atomic E-state index is 0.0621. The van der Waals surface area contributed by atoms with E-state index in [2.05, 4.69) is 20.8 Å². The summed E-state index contributed by atoms with van der Waals surface area (Å²) in [5, 5.41) is 0.121. The van der Waals surface area contributed by atoms with Gasteiger partial charge < -0.3 is 4.74 Å². The summed E-state index contributed by atoms with van der Waals surface area (Å²) in [5.74, 6) is 1.93. The van der Waals surface area contributed by atoms with Gasteiger partial charge in [0.1, 0.15) is 11.4 Å². The van der Waals surface area contributed by atoms with Crippen molar-refractivity contribution in [1.82, 2.24) is 0 Å². The van der Waals surface area contributed by atoms with E-state index >= 15 is 0 Å². The van der Waals surface area contributed by atoms with E-state index in [1.807, 2.05) is 0 Å². The second-order valence-electron chi connectivity index (χ2n) is 7.04. The topological polar surface area (TPSA) is 26.3 Å². The molecule has 4 unspecified atom stereocenters. The monoisotopic (exact) mass is 268 g/mol. The van der Waals surface area contributed by atoms with Crippen LogP contribution in [0.4, 0.5) is 0 Å². The number of fused-ring (bicyclic) bond motifs is 2. The van der Waals surface area contributed by atoms with Gasteiger partial charge in [-0.05, 0) is 49.2 Å². The zero-order valence-electron chi connectivity index (χ0n) is 11.7. The van der Waals surface area contributed by atoms with Gasteiger partial charge in [-0.15, -0.1) is 11.8 Å². The Hall–Kier alpha value is -0.180. The number of hydrogen-bond donors (Lipinski definition) is 0. The van der Waals surface area contributed by atoms with Crippen LogP contribution in [0.1, 0.15) is 52.9 Å². The lowest BCUT2D eigenvalue weighted by Gasteiger charge is -2.38. The van der Waals surface area contributed by atoms with Crippen molar-refractivity contribution in [2.24, 2.45) is 16.7 Å². The average Bonchev–Trinajstić information content (AvgIpc) is 2.95. The number of hydrogen-bond acceptors (Lipinski definition) is 3. The second-order valence-corrected chi connectivity index (χ2v) is 8.35. The van der Waals surface area contributed by atoms with Gasteiger partial charge in [-0.1, -0.05) is 20.8 Å². The number of rotatable bonds is 2. The van der Waals surface area contributed by atoms with Crippen LogP contribution in [0.3, 0.4) is 0 Å². The molecule has 3 fully saturated rings. The number of thioether (sulfide) groups is 1. The number of carbonyl (C=O) groups is 1. The summed E-state index contributed by atoms with van der Waals surface area (Å²) in [4.78, 5) is 12.2. The van der Waals surface area contributed by atoms with Crippen LogP contribution in [0, 0.1) is 16.7 Å². The summed E-state index contributed by atoms with van der Waals surface area (Å²) in [7, 11) is 0. The SMILES string of the molecule is CC1(C)C2CCC1(C)C(OC(=O)C1CCCS1)C2. The molecule has 1 heterocycles. The molecule has 3 aliphatic rings. The first-order valence-electron chi connectivity index (χ1n) is 7.27. The van der Waals surface area contributed by atoms with Crippen LogP contribution < -0.4 is 0 Å². The summed E-state index contributed by atoms with van der Waals surface area (Å²) >= 11 is 1.78. The highest BCUT2D eigenvalue weighted by molar-refractivity contribution is 8.00. The zero-order chi connectivity index (χ0) is 13.0. The highest BCUT2D eigenvalue weighted by atomic mass is 32.2. The summed E-state index contributed by atoms with van der Waals surface area (Å²) in [6, 6.07) is 0. The molecule has 1 aliphatic heterocycles. The molecule has 18 heavy (non-hydrogen) atoms. The van der Waals surface area contributed by atoms with Crippen LogP contribution in [-0.4, -0.2) is 23.1 Å². The average molecular weight is 268 g/mol. The van der Waals surface area contributed by atoms with Crippen molar-refractivity contribution in [3.8, 4) is 0 Å². The van der Waals surface area contributed by atoms with Gasteiger partial charge in [-0.25, -0.2) is 0 Å². The summed E-state index contributed by atoms with van der Waals surface area (Å²) in [5.41, 5.74) is 0.539. The molecule has 0 amide bonds. The van der Waals surface area contributed by atoms with Gasteiger partial charge in [0.2, 0.25) is 0 Å². The number of carbonyl (C=O) groups excluding carboxylic acids is 1. The van der Waals surface area contributed by atoms with Crippen LogP contribution in [0.5, 0.6) is 0 Å². The van der Waals surface area contributed by atoms with Crippen LogP contribution in [0.15, 0.2) is 0 Å². The molecule has 0 aromatic carbocycles. The van der Waals surface area contributed by atoms with Crippen molar-refractivity contribution >= 4 is 17.7 Å². The lowest BCUT2D eigenvalue weighted by atomic mass is 9.70. The maximum absolute atomic E-state index is 12.2. The molecule has 3 rings (SSSR count). The minimum atomic E-state index is 0.0621. The fraction of sp³-hybridized carbons (Fsp3) is 0.933. The largest absolute Gasteiger partial charge is 0.461 e.